The quantitative estimate of drug-likeness (QED) is 0.665. The number of rotatable bonds is 9. The fraction of sp³-hybridized carbons (Fsp3) is 1.00. The molecular weight excluding hydrogens is 284 g/mol. The highest BCUT2D eigenvalue weighted by Gasteiger charge is 2.35. The van der Waals surface area contributed by atoms with Gasteiger partial charge in [0.2, 0.25) is 10.0 Å². The molecule has 0 aromatic heterocycles. The van der Waals surface area contributed by atoms with Gasteiger partial charge in [-0.2, -0.15) is 0 Å². The van der Waals surface area contributed by atoms with Crippen LogP contribution in [0, 0.1) is 5.41 Å². The summed E-state index contributed by atoms with van der Waals surface area (Å²) in [6.45, 7) is 11.0. The molecular formula is C16H34N2O2S. The van der Waals surface area contributed by atoms with Gasteiger partial charge >= 0.3 is 0 Å². The molecule has 0 radical (unpaired) electrons. The van der Waals surface area contributed by atoms with Crippen molar-refractivity contribution in [1.82, 2.24) is 9.62 Å². The number of nitrogens with zero attached hydrogens (tertiary/aromatic N) is 1. The van der Waals surface area contributed by atoms with Crippen molar-refractivity contribution in [3.05, 3.63) is 0 Å². The van der Waals surface area contributed by atoms with E-state index in [0.717, 1.165) is 45.1 Å². The molecule has 1 N–H and O–H groups in total. The molecule has 0 amide bonds. The number of hydrogen-bond acceptors (Lipinski definition) is 3. The normalized spacial score (nSPS) is 20.0. The Hall–Kier alpha value is -0.130. The van der Waals surface area contributed by atoms with E-state index < -0.39 is 10.0 Å². The predicted molar refractivity (Wildman–Crippen MR) is 90.0 cm³/mol. The average Bonchev–Trinajstić information content (AvgIpc) is 2.46. The SMILES string of the molecule is CCC1(CC)CCN(S(=O)(=O)CCCCNC(C)C)CC1. The van der Waals surface area contributed by atoms with E-state index in [2.05, 4.69) is 33.0 Å². The van der Waals surface area contributed by atoms with Gasteiger partial charge in [-0.3, -0.25) is 0 Å². The minimum atomic E-state index is -3.05. The highest BCUT2D eigenvalue weighted by molar-refractivity contribution is 7.89. The summed E-state index contributed by atoms with van der Waals surface area (Å²) in [4.78, 5) is 0. The van der Waals surface area contributed by atoms with Gasteiger partial charge in [0.05, 0.1) is 5.75 Å². The first-order valence-electron chi connectivity index (χ1n) is 8.56. The second-order valence-corrected chi connectivity index (χ2v) is 8.83. The Morgan fingerprint density at radius 3 is 2.14 bits per heavy atom. The van der Waals surface area contributed by atoms with Gasteiger partial charge in [-0.1, -0.05) is 40.5 Å². The van der Waals surface area contributed by atoms with Crippen LogP contribution in [-0.4, -0.2) is 44.2 Å². The largest absolute Gasteiger partial charge is 0.315 e. The molecule has 1 heterocycles. The minimum Gasteiger partial charge on any atom is -0.315 e. The standard InChI is InChI=1S/C16H34N2O2S/c1-5-16(6-2)9-12-18(13-10-16)21(19,20)14-8-7-11-17-15(3)4/h15,17H,5-14H2,1-4H3. The molecule has 0 saturated carbocycles. The summed E-state index contributed by atoms with van der Waals surface area (Å²) in [5.41, 5.74) is 0.382. The number of unbranched alkanes of at least 4 members (excludes halogenated alkanes) is 1. The molecule has 0 aromatic rings. The van der Waals surface area contributed by atoms with Crippen molar-refractivity contribution in [2.45, 2.75) is 72.3 Å². The molecule has 0 atom stereocenters. The van der Waals surface area contributed by atoms with Crippen LogP contribution in [0.15, 0.2) is 0 Å². The van der Waals surface area contributed by atoms with E-state index in [4.69, 9.17) is 0 Å². The lowest BCUT2D eigenvalue weighted by Gasteiger charge is -2.40. The maximum Gasteiger partial charge on any atom is 0.214 e. The molecule has 0 aliphatic carbocycles. The summed E-state index contributed by atoms with van der Waals surface area (Å²) >= 11 is 0. The Bertz CT molecular complexity index is 379. The van der Waals surface area contributed by atoms with E-state index in [-0.39, 0.29) is 0 Å². The molecule has 0 spiro atoms. The third-order valence-electron chi connectivity index (χ3n) is 5.06. The Morgan fingerprint density at radius 2 is 1.67 bits per heavy atom. The maximum atomic E-state index is 12.4. The smallest absolute Gasteiger partial charge is 0.214 e. The van der Waals surface area contributed by atoms with Crippen molar-refractivity contribution in [2.24, 2.45) is 5.41 Å². The molecule has 126 valence electrons. The fourth-order valence-electron chi connectivity index (χ4n) is 3.13. The molecule has 5 heteroatoms. The van der Waals surface area contributed by atoms with Gasteiger partial charge in [0, 0.05) is 19.1 Å². The van der Waals surface area contributed by atoms with Crippen LogP contribution in [0.2, 0.25) is 0 Å². The first-order valence-corrected chi connectivity index (χ1v) is 10.2. The van der Waals surface area contributed by atoms with Crippen LogP contribution >= 0.6 is 0 Å². The van der Waals surface area contributed by atoms with Crippen molar-refractivity contribution >= 4 is 10.0 Å². The van der Waals surface area contributed by atoms with E-state index in [9.17, 15) is 8.42 Å². The molecule has 1 aliphatic rings. The van der Waals surface area contributed by atoms with Crippen molar-refractivity contribution in [2.75, 3.05) is 25.4 Å². The van der Waals surface area contributed by atoms with Gasteiger partial charge in [-0.05, 0) is 37.6 Å². The highest BCUT2D eigenvalue weighted by atomic mass is 32.2. The fourth-order valence-corrected chi connectivity index (χ4v) is 4.69. The van der Waals surface area contributed by atoms with Crippen molar-refractivity contribution < 1.29 is 8.42 Å². The summed E-state index contributed by atoms with van der Waals surface area (Å²) < 4.78 is 26.5. The molecule has 1 aliphatic heterocycles. The number of hydrogen-bond donors (Lipinski definition) is 1. The van der Waals surface area contributed by atoms with Gasteiger partial charge in [0.25, 0.3) is 0 Å². The summed E-state index contributed by atoms with van der Waals surface area (Å²) in [5, 5.41) is 3.33. The first-order chi connectivity index (χ1) is 9.85. The van der Waals surface area contributed by atoms with E-state index in [1.807, 2.05) is 0 Å². The van der Waals surface area contributed by atoms with Gasteiger partial charge in [-0.15, -0.1) is 0 Å². The van der Waals surface area contributed by atoms with Crippen LogP contribution in [0.5, 0.6) is 0 Å². The summed E-state index contributed by atoms with van der Waals surface area (Å²) in [5.74, 6) is 0.304. The highest BCUT2D eigenvalue weighted by Crippen LogP contribution is 2.38. The van der Waals surface area contributed by atoms with Crippen LogP contribution in [0.25, 0.3) is 0 Å². The third-order valence-corrected chi connectivity index (χ3v) is 7.01. The third kappa shape index (κ3) is 5.87. The maximum absolute atomic E-state index is 12.4. The lowest BCUT2D eigenvalue weighted by Crippen LogP contribution is -2.43. The monoisotopic (exact) mass is 318 g/mol. The van der Waals surface area contributed by atoms with Crippen LogP contribution in [0.3, 0.4) is 0 Å². The van der Waals surface area contributed by atoms with E-state index in [1.54, 1.807) is 4.31 Å². The zero-order valence-corrected chi connectivity index (χ0v) is 15.1. The Morgan fingerprint density at radius 1 is 1.10 bits per heavy atom. The van der Waals surface area contributed by atoms with Crippen LogP contribution in [0.1, 0.15) is 66.2 Å². The zero-order valence-electron chi connectivity index (χ0n) is 14.3. The zero-order chi connectivity index (χ0) is 15.9. The predicted octanol–water partition coefficient (Wildman–Crippen LogP) is 3.00. The van der Waals surface area contributed by atoms with Gasteiger partial charge in [0.15, 0.2) is 0 Å². The molecule has 4 nitrogen and oxygen atoms in total. The Kier molecular flexibility index (Phi) is 7.65. The molecule has 0 aromatic carbocycles. The topological polar surface area (TPSA) is 49.4 Å². The Balaban J connectivity index is 2.36. The van der Waals surface area contributed by atoms with Gasteiger partial charge in [0.1, 0.15) is 0 Å². The molecule has 1 fully saturated rings. The molecule has 0 bridgehead atoms. The number of nitrogens with one attached hydrogen (secondary N) is 1. The summed E-state index contributed by atoms with van der Waals surface area (Å²) in [6.07, 6.45) is 6.06. The van der Waals surface area contributed by atoms with E-state index >= 15 is 0 Å². The van der Waals surface area contributed by atoms with E-state index in [1.165, 1.54) is 0 Å². The molecule has 21 heavy (non-hydrogen) atoms. The molecule has 1 saturated heterocycles. The number of piperidine rings is 1. The Labute approximate surface area is 131 Å². The second kappa shape index (κ2) is 8.49. The van der Waals surface area contributed by atoms with Crippen LogP contribution in [0.4, 0.5) is 0 Å². The molecule has 0 unspecified atom stereocenters. The van der Waals surface area contributed by atoms with Crippen molar-refractivity contribution in [3.8, 4) is 0 Å². The lowest BCUT2D eigenvalue weighted by molar-refractivity contribution is 0.141. The second-order valence-electron chi connectivity index (χ2n) is 6.74. The van der Waals surface area contributed by atoms with Gasteiger partial charge in [-0.25, -0.2) is 12.7 Å². The van der Waals surface area contributed by atoms with Crippen molar-refractivity contribution in [3.63, 3.8) is 0 Å². The lowest BCUT2D eigenvalue weighted by atomic mass is 9.75. The van der Waals surface area contributed by atoms with E-state index in [0.29, 0.717) is 30.3 Å². The first kappa shape index (κ1) is 18.9. The minimum absolute atomic E-state index is 0.304. The van der Waals surface area contributed by atoms with Crippen LogP contribution < -0.4 is 5.32 Å². The number of sulfonamides is 1. The van der Waals surface area contributed by atoms with Gasteiger partial charge < -0.3 is 5.32 Å². The van der Waals surface area contributed by atoms with Crippen molar-refractivity contribution in [1.29, 1.82) is 0 Å². The summed E-state index contributed by atoms with van der Waals surface area (Å²) in [7, 11) is -3.05. The average molecular weight is 319 g/mol. The van der Waals surface area contributed by atoms with Crippen LogP contribution in [-0.2, 0) is 10.0 Å². The molecule has 1 rings (SSSR count). The summed E-state index contributed by atoms with van der Waals surface area (Å²) in [6, 6.07) is 0.472.